The van der Waals surface area contributed by atoms with E-state index in [0.717, 1.165) is 5.56 Å². The standard InChI is InChI=1S/C19H23ClN2O2/c1-12(2)15-8-10-16(11-9-15)24-14(4)21-19(23)22-18-7-5-6-17(20)13(18)3/h5-12,14H,1-4H3,(H2,21,22,23). The van der Waals surface area contributed by atoms with Crippen LogP contribution < -0.4 is 15.4 Å². The second kappa shape index (κ2) is 8.06. The number of halogens is 1. The summed E-state index contributed by atoms with van der Waals surface area (Å²) >= 11 is 6.05. The molecule has 1 atom stereocenters. The maximum absolute atomic E-state index is 12.1. The minimum Gasteiger partial charge on any atom is -0.471 e. The van der Waals surface area contributed by atoms with Crippen molar-refractivity contribution in [2.24, 2.45) is 0 Å². The molecule has 0 saturated heterocycles. The quantitative estimate of drug-likeness (QED) is 0.720. The fraction of sp³-hybridized carbons (Fsp3) is 0.316. The summed E-state index contributed by atoms with van der Waals surface area (Å²) in [6.07, 6.45) is -0.464. The van der Waals surface area contributed by atoms with Crippen molar-refractivity contribution in [3.05, 3.63) is 58.6 Å². The Labute approximate surface area is 148 Å². The molecule has 0 fully saturated rings. The summed E-state index contributed by atoms with van der Waals surface area (Å²) in [7, 11) is 0. The number of rotatable bonds is 5. The summed E-state index contributed by atoms with van der Waals surface area (Å²) in [6, 6.07) is 12.9. The van der Waals surface area contributed by atoms with Gasteiger partial charge in [0, 0.05) is 10.7 Å². The van der Waals surface area contributed by atoms with Gasteiger partial charge in [-0.3, -0.25) is 0 Å². The van der Waals surface area contributed by atoms with Crippen molar-refractivity contribution >= 4 is 23.3 Å². The van der Waals surface area contributed by atoms with Gasteiger partial charge in [0.15, 0.2) is 6.23 Å². The van der Waals surface area contributed by atoms with Crippen LogP contribution in [0.3, 0.4) is 0 Å². The minimum absolute atomic E-state index is 0.341. The first-order chi connectivity index (χ1) is 11.4. The van der Waals surface area contributed by atoms with E-state index in [0.29, 0.717) is 22.4 Å². The number of benzene rings is 2. The van der Waals surface area contributed by atoms with E-state index in [1.807, 2.05) is 31.2 Å². The monoisotopic (exact) mass is 346 g/mol. The molecule has 2 aromatic carbocycles. The Morgan fingerprint density at radius 2 is 1.75 bits per heavy atom. The molecule has 4 nitrogen and oxygen atoms in total. The van der Waals surface area contributed by atoms with Gasteiger partial charge in [0.1, 0.15) is 5.75 Å². The Morgan fingerprint density at radius 3 is 2.38 bits per heavy atom. The van der Waals surface area contributed by atoms with E-state index in [2.05, 4.69) is 24.5 Å². The van der Waals surface area contributed by atoms with Crippen molar-refractivity contribution in [3.8, 4) is 5.75 Å². The van der Waals surface area contributed by atoms with Crippen molar-refractivity contribution in [2.75, 3.05) is 5.32 Å². The lowest BCUT2D eigenvalue weighted by Crippen LogP contribution is -2.39. The van der Waals surface area contributed by atoms with Gasteiger partial charge in [-0.05, 0) is 55.2 Å². The molecule has 0 aliphatic rings. The number of carbonyl (C=O) groups is 1. The van der Waals surface area contributed by atoms with Gasteiger partial charge in [-0.2, -0.15) is 0 Å². The highest BCUT2D eigenvalue weighted by Crippen LogP contribution is 2.23. The topological polar surface area (TPSA) is 50.4 Å². The molecule has 0 radical (unpaired) electrons. The third kappa shape index (κ3) is 4.90. The Morgan fingerprint density at radius 1 is 1.08 bits per heavy atom. The van der Waals surface area contributed by atoms with Crippen LogP contribution >= 0.6 is 11.6 Å². The molecule has 0 saturated carbocycles. The summed E-state index contributed by atoms with van der Waals surface area (Å²) in [5, 5.41) is 6.14. The first-order valence-corrected chi connectivity index (χ1v) is 8.34. The smallest absolute Gasteiger partial charge is 0.322 e. The van der Waals surface area contributed by atoms with Crippen LogP contribution in [0.2, 0.25) is 5.02 Å². The zero-order chi connectivity index (χ0) is 17.7. The fourth-order valence-electron chi connectivity index (χ4n) is 2.25. The zero-order valence-corrected chi connectivity index (χ0v) is 15.1. The third-order valence-corrected chi connectivity index (χ3v) is 4.12. The molecule has 0 heterocycles. The fourth-order valence-corrected chi connectivity index (χ4v) is 2.43. The van der Waals surface area contributed by atoms with E-state index in [1.165, 1.54) is 5.56 Å². The van der Waals surface area contributed by atoms with Crippen molar-refractivity contribution < 1.29 is 9.53 Å². The molecular formula is C19H23ClN2O2. The van der Waals surface area contributed by atoms with E-state index in [9.17, 15) is 4.79 Å². The molecule has 24 heavy (non-hydrogen) atoms. The molecule has 0 bridgehead atoms. The Kier molecular flexibility index (Phi) is 6.10. The molecule has 2 amide bonds. The Hall–Kier alpha value is -2.20. The summed E-state index contributed by atoms with van der Waals surface area (Å²) in [4.78, 5) is 12.1. The average Bonchev–Trinajstić information content (AvgIpc) is 2.52. The second-order valence-electron chi connectivity index (χ2n) is 5.99. The highest BCUT2D eigenvalue weighted by Gasteiger charge is 2.11. The lowest BCUT2D eigenvalue weighted by molar-refractivity contribution is 0.183. The highest BCUT2D eigenvalue weighted by atomic mass is 35.5. The van der Waals surface area contributed by atoms with Gasteiger partial charge in [0.2, 0.25) is 0 Å². The van der Waals surface area contributed by atoms with Crippen molar-refractivity contribution in [3.63, 3.8) is 0 Å². The number of carbonyl (C=O) groups excluding carboxylic acids is 1. The SMILES string of the molecule is Cc1c(Cl)cccc1NC(=O)NC(C)Oc1ccc(C(C)C)cc1. The molecule has 128 valence electrons. The number of anilines is 1. The van der Waals surface area contributed by atoms with E-state index in [-0.39, 0.29) is 6.03 Å². The Balaban J connectivity index is 1.90. The summed E-state index contributed by atoms with van der Waals surface area (Å²) in [6.45, 7) is 7.92. The number of nitrogens with one attached hydrogen (secondary N) is 2. The summed E-state index contributed by atoms with van der Waals surface area (Å²) in [5.74, 6) is 1.19. The van der Waals surface area contributed by atoms with Crippen molar-refractivity contribution in [1.29, 1.82) is 0 Å². The predicted octanol–water partition coefficient (Wildman–Crippen LogP) is 5.32. The molecule has 2 N–H and O–H groups in total. The van der Waals surface area contributed by atoms with Crippen LogP contribution in [0.5, 0.6) is 5.75 Å². The molecule has 0 aliphatic heterocycles. The van der Waals surface area contributed by atoms with Crippen LogP contribution in [-0.2, 0) is 0 Å². The van der Waals surface area contributed by atoms with Gasteiger partial charge in [0.25, 0.3) is 0 Å². The van der Waals surface area contributed by atoms with Crippen molar-refractivity contribution in [1.82, 2.24) is 5.32 Å². The van der Waals surface area contributed by atoms with Crippen LogP contribution in [0.4, 0.5) is 10.5 Å². The molecular weight excluding hydrogens is 324 g/mol. The Bertz CT molecular complexity index is 699. The molecule has 1 unspecified atom stereocenters. The number of amides is 2. The highest BCUT2D eigenvalue weighted by molar-refractivity contribution is 6.31. The lowest BCUT2D eigenvalue weighted by atomic mass is 10.0. The number of hydrogen-bond donors (Lipinski definition) is 2. The number of ether oxygens (including phenoxy) is 1. The van der Waals surface area contributed by atoms with E-state index < -0.39 is 6.23 Å². The largest absolute Gasteiger partial charge is 0.471 e. The first kappa shape index (κ1) is 18.1. The maximum atomic E-state index is 12.1. The van der Waals surface area contributed by atoms with Gasteiger partial charge in [-0.1, -0.05) is 43.6 Å². The molecule has 0 aromatic heterocycles. The van der Waals surface area contributed by atoms with E-state index in [4.69, 9.17) is 16.3 Å². The average molecular weight is 347 g/mol. The lowest BCUT2D eigenvalue weighted by Gasteiger charge is -2.18. The van der Waals surface area contributed by atoms with E-state index in [1.54, 1.807) is 25.1 Å². The molecule has 2 rings (SSSR count). The van der Waals surface area contributed by atoms with Gasteiger partial charge in [-0.25, -0.2) is 4.79 Å². The van der Waals surface area contributed by atoms with Crippen LogP contribution in [-0.4, -0.2) is 12.3 Å². The summed E-state index contributed by atoms with van der Waals surface area (Å²) in [5.41, 5.74) is 2.75. The molecule has 5 heteroatoms. The molecule has 0 aliphatic carbocycles. The summed E-state index contributed by atoms with van der Waals surface area (Å²) < 4.78 is 5.71. The van der Waals surface area contributed by atoms with Crippen LogP contribution in [0, 0.1) is 6.92 Å². The van der Waals surface area contributed by atoms with Crippen LogP contribution in [0.25, 0.3) is 0 Å². The number of urea groups is 1. The van der Waals surface area contributed by atoms with Gasteiger partial charge in [0.05, 0.1) is 0 Å². The molecule has 2 aromatic rings. The number of hydrogen-bond acceptors (Lipinski definition) is 2. The second-order valence-corrected chi connectivity index (χ2v) is 6.40. The zero-order valence-electron chi connectivity index (χ0n) is 14.4. The minimum atomic E-state index is -0.464. The van der Waals surface area contributed by atoms with Gasteiger partial charge in [-0.15, -0.1) is 0 Å². The van der Waals surface area contributed by atoms with Crippen molar-refractivity contribution in [2.45, 2.75) is 39.8 Å². The first-order valence-electron chi connectivity index (χ1n) is 7.96. The van der Waals surface area contributed by atoms with Crippen LogP contribution in [0.1, 0.15) is 37.8 Å². The van der Waals surface area contributed by atoms with Crippen LogP contribution in [0.15, 0.2) is 42.5 Å². The molecule has 0 spiro atoms. The maximum Gasteiger partial charge on any atom is 0.322 e. The van der Waals surface area contributed by atoms with Gasteiger partial charge >= 0.3 is 6.03 Å². The normalized spacial score (nSPS) is 11.9. The third-order valence-electron chi connectivity index (χ3n) is 3.71. The van der Waals surface area contributed by atoms with Gasteiger partial charge < -0.3 is 15.4 Å². The van der Waals surface area contributed by atoms with E-state index >= 15 is 0 Å². The predicted molar refractivity (Wildman–Crippen MR) is 99.0 cm³/mol.